The number of rotatable bonds is 8. The fourth-order valence-corrected chi connectivity index (χ4v) is 7.61. The molecule has 0 aliphatic heterocycles. The lowest BCUT2D eigenvalue weighted by atomic mass is 10.0. The van der Waals surface area contributed by atoms with Gasteiger partial charge in [-0.15, -0.1) is 0 Å². The second-order valence-corrected chi connectivity index (χ2v) is 14.5. The van der Waals surface area contributed by atoms with E-state index in [0.29, 0.717) is 30.6 Å². The van der Waals surface area contributed by atoms with E-state index in [0.717, 1.165) is 45.9 Å². The fourth-order valence-electron chi connectivity index (χ4n) is 5.18. The van der Waals surface area contributed by atoms with E-state index in [1.165, 1.54) is 36.4 Å². The molecule has 0 spiro atoms. The summed E-state index contributed by atoms with van der Waals surface area (Å²) in [6.07, 6.45) is -4.45. The molecule has 6 N–H and O–H groups in total. The summed E-state index contributed by atoms with van der Waals surface area (Å²) in [5, 5.41) is 41.7. The number of fused-ring (bicyclic) bond motifs is 2. The van der Waals surface area contributed by atoms with Crippen LogP contribution in [0.2, 0.25) is 10.0 Å². The van der Waals surface area contributed by atoms with E-state index < -0.39 is 80.7 Å². The highest BCUT2D eigenvalue weighted by Crippen LogP contribution is 2.35. The summed E-state index contributed by atoms with van der Waals surface area (Å²) < 4.78 is 38.9. The molecule has 0 saturated heterocycles. The van der Waals surface area contributed by atoms with Gasteiger partial charge in [-0.05, 0) is 76.9 Å². The zero-order chi connectivity index (χ0) is 41.1. The molecule has 0 saturated carbocycles. The Kier molecular flexibility index (Phi) is 12.3. The number of hydrogen-bond acceptors (Lipinski definition) is 10. The van der Waals surface area contributed by atoms with E-state index in [1.807, 2.05) is 5.32 Å². The standard InChI is InChI=1S/C19H12F3NO5S.C18H11Cl2NO5S/c20-19(21,22)11-4-1-9(2-5-11)10-3-6-12-13(7-10)29-18(28)15(16(12)26)17(27)23-8-14(24)25;19-10-3-9(4-11(20)6-10)8-1-2-12-13(5-8)27-18(26)15(16(12)24)17(25)21-7-14(22)23/h1-7,28H,8H2,(H,23,27)(H,24,25);1-6,26H,7H2,(H,21,25)(H,22,23). The first-order valence-corrected chi connectivity index (χ1v) is 18.0. The van der Waals surface area contributed by atoms with Crippen LogP contribution in [0.3, 0.4) is 0 Å². The lowest BCUT2D eigenvalue weighted by molar-refractivity contribution is -0.138. The summed E-state index contributed by atoms with van der Waals surface area (Å²) in [5.74, 6) is -4.52. The number of carbonyl (C=O) groups excluding carboxylic acids is 2. The number of alkyl halides is 3. The number of carboxylic acid groups (broad SMARTS) is 2. The second kappa shape index (κ2) is 16.8. The zero-order valence-electron chi connectivity index (χ0n) is 27.9. The fraction of sp³-hybridized carbons (Fsp3) is 0.0811. The van der Waals surface area contributed by atoms with Gasteiger partial charge in [0, 0.05) is 30.2 Å². The van der Waals surface area contributed by atoms with Gasteiger partial charge in [0.1, 0.15) is 24.2 Å². The van der Waals surface area contributed by atoms with Crippen LogP contribution in [0.5, 0.6) is 10.1 Å². The van der Waals surface area contributed by atoms with Crippen molar-refractivity contribution in [2.45, 2.75) is 6.18 Å². The molecule has 12 nitrogen and oxygen atoms in total. The Morgan fingerprint density at radius 1 is 0.589 bits per heavy atom. The first-order valence-electron chi connectivity index (χ1n) is 15.6. The smallest absolute Gasteiger partial charge is 0.416 e. The predicted molar refractivity (Wildman–Crippen MR) is 205 cm³/mol. The summed E-state index contributed by atoms with van der Waals surface area (Å²) >= 11 is 13.6. The number of carboxylic acids is 2. The van der Waals surface area contributed by atoms with Gasteiger partial charge in [-0.1, -0.05) is 70.1 Å². The van der Waals surface area contributed by atoms with Gasteiger partial charge in [-0.2, -0.15) is 13.2 Å². The van der Waals surface area contributed by atoms with Crippen molar-refractivity contribution < 1.29 is 52.8 Å². The highest BCUT2D eigenvalue weighted by atomic mass is 35.5. The van der Waals surface area contributed by atoms with Crippen molar-refractivity contribution in [2.75, 3.05) is 13.1 Å². The maximum absolute atomic E-state index is 12.7. The normalized spacial score (nSPS) is 11.1. The third-order valence-corrected chi connectivity index (χ3v) is 10.1. The molecule has 288 valence electrons. The second-order valence-electron chi connectivity index (χ2n) is 11.5. The van der Waals surface area contributed by atoms with Gasteiger partial charge in [0.25, 0.3) is 11.8 Å². The van der Waals surface area contributed by atoms with Crippen molar-refractivity contribution in [1.82, 2.24) is 10.6 Å². The van der Waals surface area contributed by atoms with Gasteiger partial charge >= 0.3 is 18.1 Å². The number of aromatic hydroxyl groups is 2. The molecule has 19 heteroatoms. The topological polar surface area (TPSA) is 207 Å². The van der Waals surface area contributed by atoms with E-state index in [2.05, 4.69) is 5.32 Å². The largest absolute Gasteiger partial charge is 0.499 e. The molecule has 0 unspecified atom stereocenters. The number of nitrogens with one attached hydrogen (secondary N) is 2. The zero-order valence-corrected chi connectivity index (χ0v) is 31.0. The first kappa shape index (κ1) is 41.2. The summed E-state index contributed by atoms with van der Waals surface area (Å²) in [5.41, 5.74) is -0.842. The summed E-state index contributed by atoms with van der Waals surface area (Å²) in [6.45, 7) is -1.37. The van der Waals surface area contributed by atoms with Crippen molar-refractivity contribution in [3.63, 3.8) is 0 Å². The van der Waals surface area contributed by atoms with Crippen LogP contribution in [0.15, 0.2) is 88.5 Å². The SMILES string of the molecule is O=C(O)CNC(=O)c1c(O)sc2cc(-c3cc(Cl)cc(Cl)c3)ccc2c1=O.O=C(O)CNC(=O)c1c(O)sc2cc(-c3ccc(C(F)(F)F)cc3)ccc2c1=O. The van der Waals surface area contributed by atoms with E-state index in [1.54, 1.807) is 30.3 Å². The van der Waals surface area contributed by atoms with Crippen molar-refractivity contribution >= 4 is 89.8 Å². The first-order chi connectivity index (χ1) is 26.3. The molecular weight excluding hydrogens is 824 g/mol. The van der Waals surface area contributed by atoms with Crippen LogP contribution in [-0.2, 0) is 15.8 Å². The average Bonchev–Trinajstić information content (AvgIpc) is 3.12. The molecule has 0 fully saturated rings. The number of aliphatic carboxylic acids is 2. The van der Waals surface area contributed by atoms with Crippen molar-refractivity contribution in [2.24, 2.45) is 0 Å². The third kappa shape index (κ3) is 9.43. The molecule has 0 aliphatic carbocycles. The lowest BCUT2D eigenvalue weighted by Gasteiger charge is -2.09. The predicted octanol–water partition coefficient (Wildman–Crippen LogP) is 7.22. The Morgan fingerprint density at radius 3 is 1.38 bits per heavy atom. The number of benzene rings is 4. The van der Waals surface area contributed by atoms with E-state index in [4.69, 9.17) is 33.4 Å². The van der Waals surface area contributed by atoms with Gasteiger partial charge in [-0.3, -0.25) is 28.8 Å². The molecule has 56 heavy (non-hydrogen) atoms. The van der Waals surface area contributed by atoms with Gasteiger partial charge in [0.15, 0.2) is 10.1 Å². The molecule has 0 aliphatic rings. The molecule has 2 amide bonds. The Morgan fingerprint density at radius 2 is 0.982 bits per heavy atom. The minimum Gasteiger partial charge on any atom is -0.499 e. The molecule has 6 rings (SSSR count). The molecule has 4 aromatic carbocycles. The van der Waals surface area contributed by atoms with Crippen LogP contribution in [0.25, 0.3) is 42.4 Å². The number of hydrogen-bond donors (Lipinski definition) is 6. The number of amides is 2. The average molecular weight is 848 g/mol. The van der Waals surface area contributed by atoms with Crippen LogP contribution in [-0.4, -0.2) is 57.3 Å². The highest BCUT2D eigenvalue weighted by molar-refractivity contribution is 7.20. The molecule has 0 atom stereocenters. The van der Waals surface area contributed by atoms with Gasteiger partial charge in [0.2, 0.25) is 10.9 Å². The van der Waals surface area contributed by atoms with Crippen LogP contribution in [0, 0.1) is 0 Å². The molecule has 2 aromatic heterocycles. The van der Waals surface area contributed by atoms with Gasteiger partial charge < -0.3 is 31.1 Å². The van der Waals surface area contributed by atoms with Crippen LogP contribution in [0.1, 0.15) is 26.3 Å². The molecule has 0 bridgehead atoms. The van der Waals surface area contributed by atoms with Gasteiger partial charge in [-0.25, -0.2) is 0 Å². The molecular formula is C37H23Cl2F3N2O10S2. The van der Waals surface area contributed by atoms with Crippen molar-refractivity contribution in [1.29, 1.82) is 0 Å². The quantitative estimate of drug-likeness (QED) is 0.0907. The third-order valence-electron chi connectivity index (χ3n) is 7.74. The maximum atomic E-state index is 12.7. The monoisotopic (exact) mass is 846 g/mol. The van der Waals surface area contributed by atoms with Crippen LogP contribution in [0.4, 0.5) is 13.2 Å². The van der Waals surface area contributed by atoms with Crippen molar-refractivity contribution in [3.8, 4) is 32.4 Å². The van der Waals surface area contributed by atoms with Crippen LogP contribution < -0.4 is 21.5 Å². The van der Waals surface area contributed by atoms with Crippen LogP contribution >= 0.6 is 45.9 Å². The molecule has 0 radical (unpaired) electrons. The van der Waals surface area contributed by atoms with E-state index >= 15 is 0 Å². The molecule has 2 heterocycles. The summed E-state index contributed by atoms with van der Waals surface area (Å²) in [7, 11) is 0. The van der Waals surface area contributed by atoms with E-state index in [9.17, 15) is 52.2 Å². The molecule has 6 aromatic rings. The van der Waals surface area contributed by atoms with E-state index in [-0.39, 0.29) is 10.8 Å². The number of halogens is 5. The highest BCUT2D eigenvalue weighted by Gasteiger charge is 2.30. The minimum absolute atomic E-state index is 0.115. The summed E-state index contributed by atoms with van der Waals surface area (Å²) in [6, 6.07) is 18.8. The Bertz CT molecular complexity index is 2660. The van der Waals surface area contributed by atoms with Gasteiger partial charge in [0.05, 0.1) is 5.56 Å². The summed E-state index contributed by atoms with van der Waals surface area (Å²) in [4.78, 5) is 70.3. The lowest BCUT2D eigenvalue weighted by Crippen LogP contribution is -2.32. The van der Waals surface area contributed by atoms with Crippen molar-refractivity contribution in [3.05, 3.63) is 126 Å². The number of carbonyl (C=O) groups is 4. The minimum atomic E-state index is -4.45. The maximum Gasteiger partial charge on any atom is 0.416 e. The Balaban J connectivity index is 0.000000215. The Labute approximate surface area is 329 Å². The Hall–Kier alpha value is -6.01.